The average Bonchev–Trinajstić information content (AvgIpc) is 3.41. The number of thiophene rings is 1. The van der Waals surface area contributed by atoms with Crippen LogP contribution >= 0.6 is 11.3 Å². The number of carbonyl (C=O) groups is 2. The fraction of sp³-hybridized carbons (Fsp3) is 0.158. The molecule has 0 fully saturated rings. The van der Waals surface area contributed by atoms with E-state index in [-0.39, 0.29) is 18.0 Å². The van der Waals surface area contributed by atoms with E-state index in [1.54, 1.807) is 47.8 Å². The summed E-state index contributed by atoms with van der Waals surface area (Å²) < 4.78 is 31.2. The topological polar surface area (TPSA) is 105 Å². The molecule has 1 aromatic carbocycles. The van der Waals surface area contributed by atoms with Gasteiger partial charge < -0.3 is 15.1 Å². The van der Waals surface area contributed by atoms with Crippen LogP contribution in [0.2, 0.25) is 0 Å². The molecule has 1 atom stereocenters. The lowest BCUT2D eigenvalue weighted by Gasteiger charge is -2.17. The first-order valence-corrected chi connectivity index (χ1v) is 10.8. The van der Waals surface area contributed by atoms with Gasteiger partial charge in [0.2, 0.25) is 0 Å². The van der Waals surface area contributed by atoms with Crippen LogP contribution in [0.4, 0.5) is 0 Å². The summed E-state index contributed by atoms with van der Waals surface area (Å²) >= 11 is 1.28. The molecule has 7 nitrogen and oxygen atoms in total. The Balaban J connectivity index is 1.69. The van der Waals surface area contributed by atoms with E-state index in [0.717, 1.165) is 0 Å². The fourth-order valence-electron chi connectivity index (χ4n) is 2.54. The predicted molar refractivity (Wildman–Crippen MR) is 104 cm³/mol. The highest BCUT2D eigenvalue weighted by molar-refractivity contribution is 7.91. The summed E-state index contributed by atoms with van der Waals surface area (Å²) in [6, 6.07) is 14.8. The Morgan fingerprint density at radius 3 is 2.36 bits per heavy atom. The minimum Gasteiger partial charge on any atom is -0.467 e. The Bertz CT molecular complexity index is 1010. The second kappa shape index (κ2) is 8.85. The third-order valence-corrected chi connectivity index (χ3v) is 7.20. The van der Waals surface area contributed by atoms with Gasteiger partial charge in [-0.2, -0.15) is 0 Å². The van der Waals surface area contributed by atoms with E-state index in [2.05, 4.69) is 10.6 Å². The van der Waals surface area contributed by atoms with Gasteiger partial charge in [0.15, 0.2) is 9.84 Å². The molecular weight excluding hydrogens is 400 g/mol. The molecule has 2 aromatic heterocycles. The van der Waals surface area contributed by atoms with E-state index in [1.807, 2.05) is 0 Å². The highest BCUT2D eigenvalue weighted by Gasteiger charge is 2.31. The highest BCUT2D eigenvalue weighted by Crippen LogP contribution is 2.31. The maximum Gasteiger partial charge on any atom is 0.309 e. The molecule has 0 saturated heterocycles. The van der Waals surface area contributed by atoms with Crippen molar-refractivity contribution >= 4 is 33.0 Å². The lowest BCUT2D eigenvalue weighted by atomic mass is 10.3. The van der Waals surface area contributed by atoms with Crippen LogP contribution in [-0.2, 0) is 26.0 Å². The molecule has 28 heavy (non-hydrogen) atoms. The van der Waals surface area contributed by atoms with Crippen LogP contribution in [0, 0.1) is 0 Å². The van der Waals surface area contributed by atoms with Crippen molar-refractivity contribution in [3.63, 3.8) is 0 Å². The zero-order valence-corrected chi connectivity index (χ0v) is 16.3. The summed E-state index contributed by atoms with van der Waals surface area (Å²) in [7, 11) is -3.74. The van der Waals surface area contributed by atoms with Crippen molar-refractivity contribution in [2.75, 3.05) is 6.54 Å². The normalized spacial score (nSPS) is 12.3. The molecule has 3 aromatic rings. The van der Waals surface area contributed by atoms with Gasteiger partial charge in [0.1, 0.15) is 11.0 Å². The van der Waals surface area contributed by atoms with Gasteiger partial charge in [-0.3, -0.25) is 9.59 Å². The zero-order chi connectivity index (χ0) is 20.0. The number of hydrogen-bond donors (Lipinski definition) is 2. The maximum absolute atomic E-state index is 13.0. The van der Waals surface area contributed by atoms with Crippen molar-refractivity contribution in [1.29, 1.82) is 0 Å². The number of nitrogens with one attached hydrogen (secondary N) is 2. The third-order valence-electron chi connectivity index (χ3n) is 3.96. The summed E-state index contributed by atoms with van der Waals surface area (Å²) in [5.74, 6) is -1.26. The Hall–Kier alpha value is -2.91. The van der Waals surface area contributed by atoms with E-state index in [1.165, 1.54) is 29.7 Å². The molecule has 0 spiro atoms. The second-order valence-corrected chi connectivity index (χ2v) is 8.94. The van der Waals surface area contributed by atoms with E-state index >= 15 is 0 Å². The predicted octanol–water partition coefficient (Wildman–Crippen LogP) is 2.29. The van der Waals surface area contributed by atoms with Gasteiger partial charge in [0.25, 0.3) is 0 Å². The highest BCUT2D eigenvalue weighted by atomic mass is 32.2. The van der Waals surface area contributed by atoms with E-state index < -0.39 is 26.9 Å². The van der Waals surface area contributed by atoms with Crippen LogP contribution in [0.15, 0.2) is 75.6 Å². The van der Waals surface area contributed by atoms with Gasteiger partial charge in [-0.05, 0) is 35.7 Å². The van der Waals surface area contributed by atoms with Gasteiger partial charge in [-0.15, -0.1) is 11.3 Å². The molecule has 9 heteroatoms. The number of rotatable bonds is 7. The van der Waals surface area contributed by atoms with Gasteiger partial charge in [0, 0.05) is 11.4 Å². The monoisotopic (exact) mass is 418 g/mol. The third kappa shape index (κ3) is 4.68. The standard InChI is InChI=1S/C19H18N2O5S2/c22-18(20-12-14-6-4-10-26-14)19(23)21-13-17(16-9-5-11-27-16)28(24,25)15-7-2-1-3-8-15/h1-11,17H,12-13H2,(H,20,22)(H,21,23)/t17-/m1/s1. The van der Waals surface area contributed by atoms with Crippen LogP contribution in [0.1, 0.15) is 15.9 Å². The number of carbonyl (C=O) groups excluding carboxylic acids is 2. The Labute approximate surface area is 166 Å². The molecule has 2 heterocycles. The van der Waals surface area contributed by atoms with Crippen LogP contribution in [0.25, 0.3) is 0 Å². The SMILES string of the molecule is O=C(NCc1ccco1)C(=O)NC[C@H](c1cccs1)S(=O)(=O)c1ccccc1. The number of sulfone groups is 1. The van der Waals surface area contributed by atoms with Crippen LogP contribution in [0.5, 0.6) is 0 Å². The Morgan fingerprint density at radius 1 is 0.964 bits per heavy atom. The first kappa shape index (κ1) is 19.8. The molecule has 0 bridgehead atoms. The number of amides is 2. The summed E-state index contributed by atoms with van der Waals surface area (Å²) in [5, 5.41) is 5.62. The van der Waals surface area contributed by atoms with E-state index in [4.69, 9.17) is 4.42 Å². The maximum atomic E-state index is 13.0. The Morgan fingerprint density at radius 2 is 1.71 bits per heavy atom. The van der Waals surface area contributed by atoms with Crippen molar-refractivity contribution in [3.05, 3.63) is 76.9 Å². The van der Waals surface area contributed by atoms with Crippen LogP contribution in [0.3, 0.4) is 0 Å². The fourth-order valence-corrected chi connectivity index (χ4v) is 5.34. The van der Waals surface area contributed by atoms with E-state index in [0.29, 0.717) is 10.6 Å². The minimum atomic E-state index is -3.74. The smallest absolute Gasteiger partial charge is 0.309 e. The van der Waals surface area contributed by atoms with Crippen molar-refractivity contribution in [3.8, 4) is 0 Å². The molecule has 0 aliphatic carbocycles. The molecule has 0 saturated carbocycles. The summed E-state index contributed by atoms with van der Waals surface area (Å²) in [5.41, 5.74) is 0. The van der Waals surface area contributed by atoms with E-state index in [9.17, 15) is 18.0 Å². The number of furan rings is 1. The molecule has 0 unspecified atom stereocenters. The van der Waals surface area contributed by atoms with Gasteiger partial charge in [-0.1, -0.05) is 24.3 Å². The molecule has 3 rings (SSSR count). The lowest BCUT2D eigenvalue weighted by Crippen LogP contribution is -2.41. The van der Waals surface area contributed by atoms with Crippen molar-refractivity contribution in [2.45, 2.75) is 16.7 Å². The molecule has 2 N–H and O–H groups in total. The summed E-state index contributed by atoms with van der Waals surface area (Å²) in [4.78, 5) is 24.8. The first-order chi connectivity index (χ1) is 13.5. The molecule has 2 amide bonds. The lowest BCUT2D eigenvalue weighted by molar-refractivity contribution is -0.139. The van der Waals surface area contributed by atoms with Gasteiger partial charge in [0.05, 0.1) is 17.7 Å². The zero-order valence-electron chi connectivity index (χ0n) is 14.7. The molecule has 0 aliphatic heterocycles. The van der Waals surface area contributed by atoms with Crippen molar-refractivity contribution in [1.82, 2.24) is 10.6 Å². The van der Waals surface area contributed by atoms with Crippen LogP contribution in [-0.4, -0.2) is 26.8 Å². The van der Waals surface area contributed by atoms with Crippen LogP contribution < -0.4 is 10.6 Å². The quantitative estimate of drug-likeness (QED) is 0.573. The van der Waals surface area contributed by atoms with Crippen molar-refractivity contribution in [2.24, 2.45) is 0 Å². The van der Waals surface area contributed by atoms with Crippen molar-refractivity contribution < 1.29 is 22.4 Å². The first-order valence-electron chi connectivity index (χ1n) is 8.39. The minimum absolute atomic E-state index is 0.0654. The number of benzene rings is 1. The molecule has 0 radical (unpaired) electrons. The largest absolute Gasteiger partial charge is 0.467 e. The number of hydrogen-bond acceptors (Lipinski definition) is 6. The molecule has 146 valence electrons. The average molecular weight is 418 g/mol. The molecule has 0 aliphatic rings. The van der Waals surface area contributed by atoms with Gasteiger partial charge >= 0.3 is 11.8 Å². The summed E-state index contributed by atoms with van der Waals surface area (Å²) in [6.45, 7) is -0.152. The summed E-state index contributed by atoms with van der Waals surface area (Å²) in [6.07, 6.45) is 1.46. The molecular formula is C19H18N2O5S2. The Kier molecular flexibility index (Phi) is 6.27. The second-order valence-electron chi connectivity index (χ2n) is 5.83. The van der Waals surface area contributed by atoms with Gasteiger partial charge in [-0.25, -0.2) is 8.42 Å².